The van der Waals surface area contributed by atoms with Crippen molar-refractivity contribution in [1.29, 1.82) is 0 Å². The first kappa shape index (κ1) is 14.1. The molecular formula is C13H19ClN4O. The summed E-state index contributed by atoms with van der Waals surface area (Å²) in [5.41, 5.74) is 2.71. The second-order valence-electron chi connectivity index (χ2n) is 4.73. The fourth-order valence-corrected chi connectivity index (χ4v) is 2.46. The number of hydrogen-bond acceptors (Lipinski definition) is 4. The molecule has 1 saturated heterocycles. The number of carbonyl (C=O) groups is 1. The third-order valence-electron chi connectivity index (χ3n) is 3.34. The van der Waals surface area contributed by atoms with Crippen molar-refractivity contribution in [2.45, 2.75) is 32.1 Å². The molecule has 0 atom stereocenters. The van der Waals surface area contributed by atoms with Crippen molar-refractivity contribution in [3.05, 3.63) is 22.8 Å². The minimum atomic E-state index is -0.107. The number of hydrogen-bond donors (Lipinski definition) is 2. The Balaban J connectivity index is 2.17. The van der Waals surface area contributed by atoms with Crippen LogP contribution in [0.2, 0.25) is 5.02 Å². The number of carbonyl (C=O) groups excluding carboxylic acids is 1. The van der Waals surface area contributed by atoms with Crippen molar-refractivity contribution in [2.75, 3.05) is 18.5 Å². The summed E-state index contributed by atoms with van der Waals surface area (Å²) in [5, 5.41) is 0.367. The number of likely N-dealkylation sites (tertiary alicyclic amines) is 1. The molecule has 2 rings (SSSR count). The van der Waals surface area contributed by atoms with Gasteiger partial charge < -0.3 is 10.3 Å². The molecule has 1 aromatic rings. The predicted octanol–water partition coefficient (Wildman–Crippen LogP) is 2.43. The zero-order valence-corrected chi connectivity index (χ0v) is 11.6. The van der Waals surface area contributed by atoms with Crippen LogP contribution in [0.3, 0.4) is 0 Å². The van der Waals surface area contributed by atoms with Gasteiger partial charge >= 0.3 is 0 Å². The topological polar surface area (TPSA) is 71.2 Å². The van der Waals surface area contributed by atoms with Crippen molar-refractivity contribution in [2.24, 2.45) is 5.84 Å². The van der Waals surface area contributed by atoms with Crippen molar-refractivity contribution in [3.63, 3.8) is 0 Å². The molecular weight excluding hydrogens is 264 g/mol. The Labute approximate surface area is 118 Å². The van der Waals surface area contributed by atoms with Crippen LogP contribution in [0, 0.1) is 0 Å². The maximum absolute atomic E-state index is 12.5. The summed E-state index contributed by atoms with van der Waals surface area (Å²) in [5.74, 6) is 5.65. The first-order chi connectivity index (χ1) is 9.22. The number of nitrogen functional groups attached to an aromatic ring is 1. The fraction of sp³-hybridized carbons (Fsp3) is 0.538. The van der Waals surface area contributed by atoms with Crippen molar-refractivity contribution in [3.8, 4) is 0 Å². The summed E-state index contributed by atoms with van der Waals surface area (Å²) in [6, 6.07) is 3.29. The number of rotatable bonds is 2. The Morgan fingerprint density at radius 3 is 2.47 bits per heavy atom. The average Bonchev–Trinajstić information content (AvgIpc) is 2.38. The molecule has 2 heterocycles. The van der Waals surface area contributed by atoms with Gasteiger partial charge in [-0.2, -0.15) is 0 Å². The number of pyridine rings is 1. The number of hydrazine groups is 1. The standard InChI is InChI=1S/C13H19ClN4O/c14-10-6-7-11(17-15)16-12(10)13(19)18-8-4-2-1-3-5-9-18/h6-7H,1-5,8-9,15H2,(H,16,17). The van der Waals surface area contributed by atoms with E-state index in [9.17, 15) is 4.79 Å². The molecule has 5 nitrogen and oxygen atoms in total. The van der Waals surface area contributed by atoms with E-state index in [0.29, 0.717) is 10.8 Å². The van der Waals surface area contributed by atoms with E-state index in [4.69, 9.17) is 17.4 Å². The van der Waals surface area contributed by atoms with Gasteiger partial charge in [0.05, 0.1) is 5.02 Å². The van der Waals surface area contributed by atoms with E-state index in [1.165, 1.54) is 19.3 Å². The first-order valence-electron chi connectivity index (χ1n) is 6.65. The number of nitrogens with zero attached hydrogens (tertiary/aromatic N) is 2. The summed E-state index contributed by atoms with van der Waals surface area (Å²) < 4.78 is 0. The predicted molar refractivity (Wildman–Crippen MR) is 76.0 cm³/mol. The van der Waals surface area contributed by atoms with Crippen LogP contribution in [-0.4, -0.2) is 28.9 Å². The monoisotopic (exact) mass is 282 g/mol. The smallest absolute Gasteiger partial charge is 0.274 e. The van der Waals surface area contributed by atoms with E-state index < -0.39 is 0 Å². The van der Waals surface area contributed by atoms with Gasteiger partial charge in [0.25, 0.3) is 5.91 Å². The molecule has 1 aromatic heterocycles. The molecule has 0 bridgehead atoms. The number of nitrogens with one attached hydrogen (secondary N) is 1. The first-order valence-corrected chi connectivity index (χ1v) is 7.02. The number of nitrogens with two attached hydrogens (primary N) is 1. The Hall–Kier alpha value is -1.33. The van der Waals surface area contributed by atoms with Gasteiger partial charge in [-0.15, -0.1) is 0 Å². The van der Waals surface area contributed by atoms with Gasteiger partial charge in [0, 0.05) is 13.1 Å². The van der Waals surface area contributed by atoms with Crippen LogP contribution in [0.25, 0.3) is 0 Å². The number of halogens is 1. The molecule has 6 heteroatoms. The van der Waals surface area contributed by atoms with Gasteiger partial charge in [0.1, 0.15) is 11.5 Å². The fourth-order valence-electron chi connectivity index (χ4n) is 2.27. The Morgan fingerprint density at radius 1 is 1.21 bits per heavy atom. The molecule has 0 radical (unpaired) electrons. The molecule has 0 unspecified atom stereocenters. The second-order valence-corrected chi connectivity index (χ2v) is 5.14. The van der Waals surface area contributed by atoms with Crippen molar-refractivity contribution in [1.82, 2.24) is 9.88 Å². The van der Waals surface area contributed by atoms with Gasteiger partial charge in [0.2, 0.25) is 0 Å². The van der Waals surface area contributed by atoms with Gasteiger partial charge in [-0.3, -0.25) is 4.79 Å². The van der Waals surface area contributed by atoms with Crippen molar-refractivity contribution >= 4 is 23.3 Å². The molecule has 19 heavy (non-hydrogen) atoms. The zero-order chi connectivity index (χ0) is 13.7. The number of anilines is 1. The molecule has 104 valence electrons. The summed E-state index contributed by atoms with van der Waals surface area (Å²) in [6.07, 6.45) is 5.69. The van der Waals surface area contributed by atoms with Crippen LogP contribution >= 0.6 is 11.6 Å². The normalized spacial score (nSPS) is 16.6. The molecule has 0 saturated carbocycles. The minimum absolute atomic E-state index is 0.107. The summed E-state index contributed by atoms with van der Waals surface area (Å²) >= 11 is 6.06. The van der Waals surface area contributed by atoms with Crippen LogP contribution in [0.1, 0.15) is 42.6 Å². The summed E-state index contributed by atoms with van der Waals surface area (Å²) in [4.78, 5) is 18.5. The van der Waals surface area contributed by atoms with E-state index in [2.05, 4.69) is 10.4 Å². The van der Waals surface area contributed by atoms with E-state index in [1.807, 2.05) is 4.90 Å². The number of aromatic nitrogens is 1. The Kier molecular flexibility index (Phi) is 4.99. The highest BCUT2D eigenvalue weighted by Crippen LogP contribution is 2.20. The van der Waals surface area contributed by atoms with Gasteiger partial charge in [0.15, 0.2) is 0 Å². The maximum Gasteiger partial charge on any atom is 0.274 e. The molecule has 1 aliphatic heterocycles. The van der Waals surface area contributed by atoms with Crippen LogP contribution in [-0.2, 0) is 0 Å². The highest BCUT2D eigenvalue weighted by molar-refractivity contribution is 6.33. The molecule has 1 fully saturated rings. The van der Waals surface area contributed by atoms with Crippen molar-refractivity contribution < 1.29 is 4.79 Å². The second kappa shape index (κ2) is 6.73. The molecule has 0 aromatic carbocycles. The third-order valence-corrected chi connectivity index (χ3v) is 3.64. The third kappa shape index (κ3) is 3.58. The minimum Gasteiger partial charge on any atom is -0.337 e. The van der Waals surface area contributed by atoms with Crippen LogP contribution in [0.5, 0.6) is 0 Å². The summed E-state index contributed by atoms with van der Waals surface area (Å²) in [7, 11) is 0. The lowest BCUT2D eigenvalue weighted by atomic mass is 10.1. The van der Waals surface area contributed by atoms with Gasteiger partial charge in [-0.1, -0.05) is 30.9 Å². The molecule has 3 N–H and O–H groups in total. The largest absolute Gasteiger partial charge is 0.337 e. The van der Waals surface area contributed by atoms with Gasteiger partial charge in [-0.05, 0) is 25.0 Å². The van der Waals surface area contributed by atoms with E-state index in [0.717, 1.165) is 25.9 Å². The average molecular weight is 283 g/mol. The van der Waals surface area contributed by atoms with E-state index >= 15 is 0 Å². The SMILES string of the molecule is NNc1ccc(Cl)c(C(=O)N2CCCCCCC2)n1. The Morgan fingerprint density at radius 2 is 1.84 bits per heavy atom. The van der Waals surface area contributed by atoms with Crippen LogP contribution < -0.4 is 11.3 Å². The molecule has 0 spiro atoms. The summed E-state index contributed by atoms with van der Waals surface area (Å²) in [6.45, 7) is 1.55. The molecule has 1 aliphatic rings. The van der Waals surface area contributed by atoms with Crippen LogP contribution in [0.15, 0.2) is 12.1 Å². The zero-order valence-electron chi connectivity index (χ0n) is 10.9. The van der Waals surface area contributed by atoms with E-state index in [-0.39, 0.29) is 11.6 Å². The van der Waals surface area contributed by atoms with Gasteiger partial charge in [-0.25, -0.2) is 10.8 Å². The lowest BCUT2D eigenvalue weighted by Gasteiger charge is -2.24. The molecule has 0 aliphatic carbocycles. The quantitative estimate of drug-likeness (QED) is 0.645. The Bertz CT molecular complexity index is 444. The van der Waals surface area contributed by atoms with Crippen LogP contribution in [0.4, 0.5) is 5.82 Å². The lowest BCUT2D eigenvalue weighted by Crippen LogP contribution is -2.34. The van der Waals surface area contributed by atoms with E-state index in [1.54, 1.807) is 12.1 Å². The number of amides is 1. The highest BCUT2D eigenvalue weighted by Gasteiger charge is 2.20. The maximum atomic E-state index is 12.5. The highest BCUT2D eigenvalue weighted by atomic mass is 35.5. The molecule has 1 amide bonds. The lowest BCUT2D eigenvalue weighted by molar-refractivity contribution is 0.0737.